The van der Waals surface area contributed by atoms with Crippen molar-refractivity contribution in [2.75, 3.05) is 12.4 Å². The molecule has 0 aromatic carbocycles. The van der Waals surface area contributed by atoms with Gasteiger partial charge in [-0.05, 0) is 36.9 Å². The van der Waals surface area contributed by atoms with Gasteiger partial charge in [0.1, 0.15) is 5.25 Å². The van der Waals surface area contributed by atoms with Crippen molar-refractivity contribution in [3.8, 4) is 0 Å². The zero-order valence-electron chi connectivity index (χ0n) is 13.3. The molecule has 0 saturated carbocycles. The van der Waals surface area contributed by atoms with Gasteiger partial charge in [0.25, 0.3) is 0 Å². The minimum absolute atomic E-state index is 0.117. The van der Waals surface area contributed by atoms with Crippen molar-refractivity contribution in [1.29, 1.82) is 0 Å². The van der Waals surface area contributed by atoms with Crippen LogP contribution in [0.4, 0.5) is 13.2 Å². The number of carbonyl (C=O) groups is 1. The van der Waals surface area contributed by atoms with Crippen LogP contribution >= 0.6 is 11.8 Å². The summed E-state index contributed by atoms with van der Waals surface area (Å²) < 4.78 is 41.3. The van der Waals surface area contributed by atoms with Crippen LogP contribution in [-0.4, -0.2) is 29.8 Å². The number of ether oxygens (including phenoxy) is 1. The third kappa shape index (κ3) is 13.0. The van der Waals surface area contributed by atoms with E-state index in [0.717, 1.165) is 0 Å². The van der Waals surface area contributed by atoms with Crippen molar-refractivity contribution in [1.82, 2.24) is 0 Å². The number of esters is 1. The molecule has 0 spiro atoms. The van der Waals surface area contributed by atoms with E-state index in [-0.39, 0.29) is 23.6 Å². The van der Waals surface area contributed by atoms with Gasteiger partial charge in [0.15, 0.2) is 0 Å². The molecule has 0 amide bonds. The zero-order chi connectivity index (χ0) is 16.5. The van der Waals surface area contributed by atoms with E-state index in [9.17, 15) is 18.0 Å². The summed E-state index contributed by atoms with van der Waals surface area (Å²) in [6.07, 6.45) is -3.55. The van der Waals surface area contributed by atoms with Gasteiger partial charge in [-0.25, -0.2) is 0 Å². The van der Waals surface area contributed by atoms with Crippen molar-refractivity contribution < 1.29 is 22.7 Å². The molecule has 0 bridgehead atoms. The van der Waals surface area contributed by atoms with Crippen LogP contribution in [0.5, 0.6) is 0 Å². The maximum atomic E-state index is 12.0. The fourth-order valence-corrected chi connectivity index (χ4v) is 3.04. The van der Waals surface area contributed by atoms with Crippen LogP contribution in [0.25, 0.3) is 0 Å². The Labute approximate surface area is 130 Å². The largest absolute Gasteiger partial charge is 0.465 e. The Morgan fingerprint density at radius 3 is 2.19 bits per heavy atom. The molecule has 0 radical (unpaired) electrons. The predicted molar refractivity (Wildman–Crippen MR) is 81.4 cm³/mol. The highest BCUT2D eigenvalue weighted by molar-refractivity contribution is 8.00. The number of halogens is 3. The molecular formula is C15H27F3O2S. The van der Waals surface area contributed by atoms with E-state index in [1.54, 1.807) is 0 Å². The molecule has 0 N–H and O–H groups in total. The highest BCUT2D eigenvalue weighted by Gasteiger charge is 2.26. The molecule has 0 fully saturated rings. The van der Waals surface area contributed by atoms with Gasteiger partial charge in [-0.15, -0.1) is 11.8 Å². The molecule has 1 unspecified atom stereocenters. The maximum absolute atomic E-state index is 12.0. The molecule has 0 aliphatic rings. The molecule has 0 aromatic rings. The maximum Gasteiger partial charge on any atom is 0.389 e. The first-order valence-corrected chi connectivity index (χ1v) is 8.51. The average Bonchev–Trinajstić information content (AvgIpc) is 2.32. The van der Waals surface area contributed by atoms with Gasteiger partial charge in [0, 0.05) is 6.42 Å². The molecule has 2 nitrogen and oxygen atoms in total. The first-order chi connectivity index (χ1) is 9.61. The van der Waals surface area contributed by atoms with E-state index in [1.807, 2.05) is 27.7 Å². The lowest BCUT2D eigenvalue weighted by Gasteiger charge is -2.18. The van der Waals surface area contributed by atoms with Crippen LogP contribution in [0.3, 0.4) is 0 Å². The van der Waals surface area contributed by atoms with Gasteiger partial charge >= 0.3 is 12.1 Å². The molecule has 0 aromatic heterocycles. The lowest BCUT2D eigenvalue weighted by molar-refractivity contribution is -0.144. The SMILES string of the molecule is CC(C)COC(=O)C(CC(C)C)SCCCCC(F)(F)F. The van der Waals surface area contributed by atoms with Gasteiger partial charge in [-0.1, -0.05) is 27.7 Å². The molecule has 0 heterocycles. The number of hydrogen-bond donors (Lipinski definition) is 0. The second-order valence-corrected chi connectivity index (χ2v) is 7.40. The predicted octanol–water partition coefficient (Wildman–Crippen LogP) is 5.07. The summed E-state index contributed by atoms with van der Waals surface area (Å²) in [5.74, 6) is 0.956. The summed E-state index contributed by atoms with van der Waals surface area (Å²) in [6.45, 7) is 8.37. The summed E-state index contributed by atoms with van der Waals surface area (Å²) in [6, 6.07) is 0. The van der Waals surface area contributed by atoms with Crippen molar-refractivity contribution in [2.45, 2.75) is 64.8 Å². The lowest BCUT2D eigenvalue weighted by Crippen LogP contribution is -2.24. The van der Waals surface area contributed by atoms with E-state index < -0.39 is 12.6 Å². The molecule has 126 valence electrons. The first kappa shape index (κ1) is 20.6. The van der Waals surface area contributed by atoms with Crippen molar-refractivity contribution >= 4 is 17.7 Å². The van der Waals surface area contributed by atoms with Crippen molar-refractivity contribution in [3.05, 3.63) is 0 Å². The second-order valence-electron chi connectivity index (χ2n) is 6.09. The summed E-state index contributed by atoms with van der Waals surface area (Å²) >= 11 is 1.42. The Morgan fingerprint density at radius 2 is 1.71 bits per heavy atom. The minimum atomic E-state index is -4.09. The Kier molecular flexibility index (Phi) is 10.2. The van der Waals surface area contributed by atoms with Gasteiger partial charge < -0.3 is 4.74 Å². The average molecular weight is 328 g/mol. The Bertz CT molecular complexity index is 291. The minimum Gasteiger partial charge on any atom is -0.465 e. The molecule has 6 heteroatoms. The molecule has 21 heavy (non-hydrogen) atoms. The van der Waals surface area contributed by atoms with E-state index in [2.05, 4.69) is 0 Å². The van der Waals surface area contributed by atoms with Crippen molar-refractivity contribution in [3.63, 3.8) is 0 Å². The summed E-state index contributed by atoms with van der Waals surface area (Å²) in [5.41, 5.74) is 0. The van der Waals surface area contributed by atoms with E-state index in [1.165, 1.54) is 11.8 Å². The summed E-state index contributed by atoms with van der Waals surface area (Å²) in [7, 11) is 0. The monoisotopic (exact) mass is 328 g/mol. The topological polar surface area (TPSA) is 26.3 Å². The second kappa shape index (κ2) is 10.4. The Balaban J connectivity index is 4.09. The quantitative estimate of drug-likeness (QED) is 0.414. The molecule has 0 aliphatic heterocycles. The molecule has 0 aliphatic carbocycles. The third-order valence-electron chi connectivity index (χ3n) is 2.68. The molecular weight excluding hydrogens is 301 g/mol. The Morgan fingerprint density at radius 1 is 1.10 bits per heavy atom. The normalized spacial score (nSPS) is 13.8. The van der Waals surface area contributed by atoms with E-state index in [0.29, 0.717) is 31.1 Å². The highest BCUT2D eigenvalue weighted by atomic mass is 32.2. The number of hydrogen-bond acceptors (Lipinski definition) is 3. The standard InChI is InChI=1S/C15H27F3O2S/c1-11(2)9-13(14(19)20-10-12(3)4)21-8-6-5-7-15(16,17)18/h11-13H,5-10H2,1-4H3. The fraction of sp³-hybridized carbons (Fsp3) is 0.933. The van der Waals surface area contributed by atoms with Crippen LogP contribution in [0.2, 0.25) is 0 Å². The number of alkyl halides is 3. The van der Waals surface area contributed by atoms with Crippen LogP contribution < -0.4 is 0 Å². The molecule has 1 atom stereocenters. The lowest BCUT2D eigenvalue weighted by atomic mass is 10.1. The molecule has 0 rings (SSSR count). The number of rotatable bonds is 10. The van der Waals surface area contributed by atoms with Gasteiger partial charge in [0.05, 0.1) is 6.61 Å². The number of unbranched alkanes of at least 4 members (excludes halogenated alkanes) is 1. The van der Waals surface area contributed by atoms with Gasteiger partial charge in [-0.2, -0.15) is 13.2 Å². The smallest absolute Gasteiger partial charge is 0.389 e. The van der Waals surface area contributed by atoms with Gasteiger partial charge in [-0.3, -0.25) is 4.79 Å². The van der Waals surface area contributed by atoms with Gasteiger partial charge in [0.2, 0.25) is 0 Å². The Hall–Kier alpha value is -0.390. The highest BCUT2D eigenvalue weighted by Crippen LogP contribution is 2.25. The first-order valence-electron chi connectivity index (χ1n) is 7.46. The summed E-state index contributed by atoms with van der Waals surface area (Å²) in [4.78, 5) is 12.0. The van der Waals surface area contributed by atoms with Crippen LogP contribution in [0.1, 0.15) is 53.4 Å². The third-order valence-corrected chi connectivity index (χ3v) is 3.99. The number of carbonyl (C=O) groups excluding carboxylic acids is 1. The number of thioether (sulfide) groups is 1. The molecule has 0 saturated heterocycles. The van der Waals surface area contributed by atoms with E-state index >= 15 is 0 Å². The summed E-state index contributed by atoms with van der Waals surface area (Å²) in [5, 5.41) is -0.269. The van der Waals surface area contributed by atoms with Crippen LogP contribution in [0, 0.1) is 11.8 Å². The fourth-order valence-electron chi connectivity index (χ4n) is 1.66. The van der Waals surface area contributed by atoms with E-state index in [4.69, 9.17) is 4.74 Å². The van der Waals surface area contributed by atoms with Crippen LogP contribution in [-0.2, 0) is 9.53 Å². The van der Waals surface area contributed by atoms with Crippen LogP contribution in [0.15, 0.2) is 0 Å². The zero-order valence-corrected chi connectivity index (χ0v) is 14.1. The van der Waals surface area contributed by atoms with Crippen molar-refractivity contribution in [2.24, 2.45) is 11.8 Å².